The molecule has 0 radical (unpaired) electrons. The average molecular weight is 369 g/mol. The number of unbranched alkanes of at least 4 members (excludes halogenated alkanes) is 1. The maximum atomic E-state index is 13.1. The van der Waals surface area contributed by atoms with Gasteiger partial charge in [0.15, 0.2) is 0 Å². The lowest BCUT2D eigenvalue weighted by molar-refractivity contribution is 0.276. The lowest BCUT2D eigenvalue weighted by atomic mass is 9.99. The Morgan fingerprint density at radius 2 is 1.80 bits per heavy atom. The SMILES string of the molecule is CCCCn1ccnc1[C@@H]1CCCN(S(=O)(=O)N2CCCCCC2)C1. The van der Waals surface area contributed by atoms with Gasteiger partial charge >= 0.3 is 0 Å². The number of hydrogen-bond donors (Lipinski definition) is 0. The minimum Gasteiger partial charge on any atom is -0.335 e. The summed E-state index contributed by atoms with van der Waals surface area (Å²) in [6.07, 6.45) is 12.4. The van der Waals surface area contributed by atoms with Crippen molar-refractivity contribution in [2.45, 2.75) is 70.8 Å². The molecular formula is C18H32N4O2S. The Morgan fingerprint density at radius 1 is 1.08 bits per heavy atom. The summed E-state index contributed by atoms with van der Waals surface area (Å²) in [5, 5.41) is 0. The fourth-order valence-corrected chi connectivity index (χ4v) is 5.77. The summed E-state index contributed by atoms with van der Waals surface area (Å²) in [6, 6.07) is 0. The molecule has 0 bridgehead atoms. The summed E-state index contributed by atoms with van der Waals surface area (Å²) in [7, 11) is -3.33. The van der Waals surface area contributed by atoms with Crippen molar-refractivity contribution >= 4 is 10.2 Å². The van der Waals surface area contributed by atoms with Crippen LogP contribution in [0.2, 0.25) is 0 Å². The first-order chi connectivity index (χ1) is 12.1. The average Bonchev–Trinajstić information content (AvgIpc) is 2.91. The minimum atomic E-state index is -3.33. The fourth-order valence-electron chi connectivity index (χ4n) is 4.00. The van der Waals surface area contributed by atoms with E-state index in [4.69, 9.17) is 0 Å². The highest BCUT2D eigenvalue weighted by Crippen LogP contribution is 2.29. The number of rotatable bonds is 6. The third kappa shape index (κ3) is 4.44. The Kier molecular flexibility index (Phi) is 6.52. The highest BCUT2D eigenvalue weighted by molar-refractivity contribution is 7.86. The molecule has 1 aromatic heterocycles. The van der Waals surface area contributed by atoms with Crippen molar-refractivity contribution in [3.8, 4) is 0 Å². The van der Waals surface area contributed by atoms with E-state index in [0.717, 1.165) is 63.7 Å². The Labute approximate surface area is 152 Å². The molecule has 0 aliphatic carbocycles. The molecule has 25 heavy (non-hydrogen) atoms. The molecule has 1 aromatic rings. The molecule has 0 saturated carbocycles. The second-order valence-corrected chi connectivity index (χ2v) is 9.28. The van der Waals surface area contributed by atoms with Crippen molar-refractivity contribution < 1.29 is 8.42 Å². The van der Waals surface area contributed by atoms with Crippen LogP contribution in [0.3, 0.4) is 0 Å². The molecule has 0 aromatic carbocycles. The van der Waals surface area contributed by atoms with E-state index in [1.54, 1.807) is 8.61 Å². The van der Waals surface area contributed by atoms with Gasteiger partial charge in [0.1, 0.15) is 5.82 Å². The van der Waals surface area contributed by atoms with Crippen LogP contribution < -0.4 is 0 Å². The third-order valence-electron chi connectivity index (χ3n) is 5.47. The van der Waals surface area contributed by atoms with Crippen LogP contribution in [0.1, 0.15) is 70.0 Å². The van der Waals surface area contributed by atoms with Crippen LogP contribution in [0.25, 0.3) is 0 Å². The molecule has 2 aliphatic heterocycles. The van der Waals surface area contributed by atoms with Gasteiger partial charge in [0.05, 0.1) is 0 Å². The van der Waals surface area contributed by atoms with Crippen LogP contribution in [0.15, 0.2) is 12.4 Å². The van der Waals surface area contributed by atoms with Gasteiger partial charge in [-0.3, -0.25) is 0 Å². The van der Waals surface area contributed by atoms with E-state index in [-0.39, 0.29) is 5.92 Å². The molecule has 2 fully saturated rings. The predicted molar refractivity (Wildman–Crippen MR) is 99.6 cm³/mol. The molecule has 0 amide bonds. The second kappa shape index (κ2) is 8.64. The van der Waals surface area contributed by atoms with E-state index in [2.05, 4.69) is 16.5 Å². The van der Waals surface area contributed by atoms with Gasteiger partial charge in [-0.05, 0) is 32.1 Å². The van der Waals surface area contributed by atoms with Crippen molar-refractivity contribution in [1.29, 1.82) is 0 Å². The summed E-state index contributed by atoms with van der Waals surface area (Å²) in [5.41, 5.74) is 0. The standard InChI is InChI=1S/C18H32N4O2S/c1-2-3-11-20-15-10-19-18(20)17-9-8-14-22(16-17)25(23,24)21-12-6-4-5-7-13-21/h10,15,17H,2-9,11-14,16H2,1H3/t17-/m1/s1. The molecule has 142 valence electrons. The normalized spacial score (nSPS) is 24.3. The first-order valence-corrected chi connectivity index (χ1v) is 11.3. The summed E-state index contributed by atoms with van der Waals surface area (Å²) in [6.45, 7) is 5.73. The van der Waals surface area contributed by atoms with Gasteiger partial charge in [-0.1, -0.05) is 26.2 Å². The summed E-state index contributed by atoms with van der Waals surface area (Å²) >= 11 is 0. The van der Waals surface area contributed by atoms with E-state index < -0.39 is 10.2 Å². The quantitative estimate of drug-likeness (QED) is 0.775. The molecule has 0 unspecified atom stereocenters. The Balaban J connectivity index is 1.71. The van der Waals surface area contributed by atoms with E-state index in [0.29, 0.717) is 26.2 Å². The van der Waals surface area contributed by atoms with Gasteiger partial charge in [-0.15, -0.1) is 0 Å². The van der Waals surface area contributed by atoms with Crippen LogP contribution >= 0.6 is 0 Å². The van der Waals surface area contributed by atoms with Crippen molar-refractivity contribution in [2.24, 2.45) is 0 Å². The maximum absolute atomic E-state index is 13.1. The fraction of sp³-hybridized carbons (Fsp3) is 0.833. The van der Waals surface area contributed by atoms with E-state index >= 15 is 0 Å². The van der Waals surface area contributed by atoms with Gasteiger partial charge in [0, 0.05) is 51.0 Å². The molecule has 3 heterocycles. The number of hydrogen-bond acceptors (Lipinski definition) is 3. The van der Waals surface area contributed by atoms with E-state index in [1.165, 1.54) is 0 Å². The van der Waals surface area contributed by atoms with Crippen LogP contribution in [0.5, 0.6) is 0 Å². The summed E-state index contributed by atoms with van der Waals surface area (Å²) in [5.74, 6) is 1.27. The van der Waals surface area contributed by atoms with Crippen molar-refractivity contribution in [2.75, 3.05) is 26.2 Å². The van der Waals surface area contributed by atoms with Crippen molar-refractivity contribution in [3.63, 3.8) is 0 Å². The zero-order chi connectivity index (χ0) is 17.7. The van der Waals surface area contributed by atoms with Crippen LogP contribution in [-0.4, -0.2) is 52.8 Å². The first-order valence-electron chi connectivity index (χ1n) is 9.89. The molecule has 2 aliphatic rings. The lowest BCUT2D eigenvalue weighted by Gasteiger charge is -2.35. The first kappa shape index (κ1) is 18.9. The zero-order valence-electron chi connectivity index (χ0n) is 15.4. The highest BCUT2D eigenvalue weighted by atomic mass is 32.2. The predicted octanol–water partition coefficient (Wildman–Crippen LogP) is 2.98. The van der Waals surface area contributed by atoms with E-state index in [1.807, 2.05) is 12.4 Å². The number of nitrogens with zero attached hydrogens (tertiary/aromatic N) is 4. The van der Waals surface area contributed by atoms with Crippen molar-refractivity contribution in [1.82, 2.24) is 18.2 Å². The molecule has 0 N–H and O–H groups in total. The molecule has 7 heteroatoms. The Hall–Kier alpha value is -0.920. The number of piperidine rings is 1. The van der Waals surface area contributed by atoms with Crippen LogP contribution in [0.4, 0.5) is 0 Å². The number of aryl methyl sites for hydroxylation is 1. The Morgan fingerprint density at radius 3 is 2.52 bits per heavy atom. The minimum absolute atomic E-state index is 0.211. The van der Waals surface area contributed by atoms with Gasteiger partial charge in [0.25, 0.3) is 10.2 Å². The Bertz CT molecular complexity index is 635. The van der Waals surface area contributed by atoms with Crippen LogP contribution in [-0.2, 0) is 16.8 Å². The number of aromatic nitrogens is 2. The van der Waals surface area contributed by atoms with Gasteiger partial charge in [0.2, 0.25) is 0 Å². The highest BCUT2D eigenvalue weighted by Gasteiger charge is 2.35. The smallest absolute Gasteiger partial charge is 0.281 e. The molecule has 6 nitrogen and oxygen atoms in total. The number of imidazole rings is 1. The van der Waals surface area contributed by atoms with Gasteiger partial charge in [-0.2, -0.15) is 17.0 Å². The summed E-state index contributed by atoms with van der Waals surface area (Å²) < 4.78 is 31.8. The largest absolute Gasteiger partial charge is 0.335 e. The molecule has 0 spiro atoms. The third-order valence-corrected chi connectivity index (χ3v) is 7.47. The topological polar surface area (TPSA) is 58.4 Å². The van der Waals surface area contributed by atoms with Crippen LogP contribution in [0, 0.1) is 0 Å². The lowest BCUT2D eigenvalue weighted by Crippen LogP contribution is -2.48. The molecule has 2 saturated heterocycles. The molecule has 1 atom stereocenters. The van der Waals surface area contributed by atoms with Gasteiger partial charge in [-0.25, -0.2) is 4.98 Å². The van der Waals surface area contributed by atoms with E-state index in [9.17, 15) is 8.42 Å². The maximum Gasteiger partial charge on any atom is 0.281 e. The molecular weight excluding hydrogens is 336 g/mol. The molecule has 3 rings (SSSR count). The second-order valence-electron chi connectivity index (χ2n) is 7.35. The monoisotopic (exact) mass is 368 g/mol. The summed E-state index contributed by atoms with van der Waals surface area (Å²) in [4.78, 5) is 4.56. The van der Waals surface area contributed by atoms with Gasteiger partial charge < -0.3 is 4.57 Å². The zero-order valence-corrected chi connectivity index (χ0v) is 16.3. The van der Waals surface area contributed by atoms with Crippen molar-refractivity contribution in [3.05, 3.63) is 18.2 Å².